The van der Waals surface area contributed by atoms with Crippen LogP contribution in [0.5, 0.6) is 0 Å². The van der Waals surface area contributed by atoms with Gasteiger partial charge < -0.3 is 25.2 Å². The minimum atomic E-state index is -1.22. The van der Waals surface area contributed by atoms with E-state index < -0.39 is 42.3 Å². The molecule has 4 atom stereocenters. The summed E-state index contributed by atoms with van der Waals surface area (Å²) in [6.07, 6.45) is 13.2. The van der Waals surface area contributed by atoms with E-state index >= 15 is 0 Å². The van der Waals surface area contributed by atoms with Gasteiger partial charge in [-0.15, -0.1) is 5.10 Å². The first-order chi connectivity index (χ1) is 27.8. The van der Waals surface area contributed by atoms with Gasteiger partial charge in [0.15, 0.2) is 11.9 Å². The van der Waals surface area contributed by atoms with E-state index in [0.717, 1.165) is 36.4 Å². The average molecular weight is 790 g/mol. The van der Waals surface area contributed by atoms with Gasteiger partial charge in [-0.2, -0.15) is 4.58 Å². The molecule has 0 spiro atoms. The number of rotatable bonds is 14. The predicted molar refractivity (Wildman–Crippen MR) is 221 cm³/mol. The summed E-state index contributed by atoms with van der Waals surface area (Å²) in [5.74, 6) is -0.113. The summed E-state index contributed by atoms with van der Waals surface area (Å²) in [4.78, 5) is 41.5. The molecule has 3 aliphatic rings. The number of fused-ring (bicyclic) bond motifs is 2. The SMILES string of the molecule is C[N+]1=C(/C=C/C=C/C=C2/N(CCCCCC(=O)NCc3cn([C@@H]4[C@H](O)[C@@H](CO)O[C@H]4n4ccc(=O)[nH]c4=O)nn3)c3ccccc3C2(C)C)C(C)(C)c2ccccc21. The topological polar surface area (TPSA) is 171 Å². The molecule has 0 unspecified atom stereocenters. The molecule has 0 radical (unpaired) electrons. The fraction of sp³-hybridized carbons (Fsp3) is 0.409. The number of hydrogen-bond donors (Lipinski definition) is 4. The Labute approximate surface area is 337 Å². The maximum absolute atomic E-state index is 12.8. The van der Waals surface area contributed by atoms with Crippen LogP contribution in [0.2, 0.25) is 0 Å². The first-order valence-electron chi connectivity index (χ1n) is 19.9. The van der Waals surface area contributed by atoms with Crippen molar-refractivity contribution in [1.82, 2.24) is 29.9 Å². The summed E-state index contributed by atoms with van der Waals surface area (Å²) in [7, 11) is 2.13. The van der Waals surface area contributed by atoms with Crippen molar-refractivity contribution in [3.8, 4) is 0 Å². The molecule has 1 amide bonds. The lowest BCUT2D eigenvalue weighted by Crippen LogP contribution is -2.36. The van der Waals surface area contributed by atoms with Crippen molar-refractivity contribution in [2.75, 3.05) is 25.1 Å². The van der Waals surface area contributed by atoms with Crippen LogP contribution in [0, 0.1) is 0 Å². The van der Waals surface area contributed by atoms with Crippen molar-refractivity contribution in [1.29, 1.82) is 0 Å². The normalized spacial score (nSPS) is 22.7. The standard InChI is InChI=1S/C44H52N8O6/c1-43(2)30-16-11-13-18-32(30)49(5)35(43)20-8-6-9-21-36-44(3,4)31-17-12-14-19-33(31)50(36)24-15-7-10-22-37(54)45-26-29-27-52(48-47-29)39-40(56)34(28-53)58-41(39)51-25-23-38(55)46-42(51)57/h6,8-9,11-14,16-21,23,25,27,34,39-41,53,56H,7,10,15,22,24,26,28H2,1-5H3,(H-,45,46,54,55,57)/p+1/t34-,39-,40-,41-/m1/s1. The molecule has 1 saturated heterocycles. The fourth-order valence-corrected chi connectivity index (χ4v) is 8.62. The second-order valence-electron chi connectivity index (χ2n) is 16.2. The molecule has 1 fully saturated rings. The van der Waals surface area contributed by atoms with Gasteiger partial charge in [0.2, 0.25) is 11.6 Å². The first kappa shape index (κ1) is 40.5. The molecule has 0 bridgehead atoms. The molecule has 2 aromatic heterocycles. The third-order valence-electron chi connectivity index (χ3n) is 11.7. The Kier molecular flexibility index (Phi) is 11.6. The van der Waals surface area contributed by atoms with E-state index in [1.54, 1.807) is 6.20 Å². The van der Waals surface area contributed by atoms with E-state index in [-0.39, 0.29) is 23.3 Å². The van der Waals surface area contributed by atoms with Gasteiger partial charge in [0, 0.05) is 59.7 Å². The number of para-hydroxylation sites is 2. The minimum Gasteiger partial charge on any atom is -0.394 e. The van der Waals surface area contributed by atoms with Gasteiger partial charge in [-0.25, -0.2) is 9.48 Å². The largest absolute Gasteiger partial charge is 0.394 e. The number of carbonyl (C=O) groups excluding carboxylic acids is 1. The van der Waals surface area contributed by atoms with Gasteiger partial charge in [-0.3, -0.25) is 19.1 Å². The second-order valence-corrected chi connectivity index (χ2v) is 16.2. The van der Waals surface area contributed by atoms with Crippen LogP contribution in [0.4, 0.5) is 11.4 Å². The highest BCUT2D eigenvalue weighted by Crippen LogP contribution is 2.47. The molecular formula is C44H53N8O6+. The number of hydrogen-bond acceptors (Lipinski definition) is 9. The molecule has 2 aromatic carbocycles. The number of H-pyrrole nitrogens is 1. The lowest BCUT2D eigenvalue weighted by atomic mass is 9.81. The van der Waals surface area contributed by atoms with E-state index in [2.05, 4.69) is 144 Å². The van der Waals surface area contributed by atoms with Crippen LogP contribution in [0.25, 0.3) is 0 Å². The summed E-state index contributed by atoms with van der Waals surface area (Å²) < 4.78 is 10.5. The quantitative estimate of drug-likeness (QED) is 0.0827. The fourth-order valence-electron chi connectivity index (χ4n) is 8.62. The lowest BCUT2D eigenvalue weighted by Gasteiger charge is -2.27. The minimum absolute atomic E-state index is 0.0751. The molecule has 7 rings (SSSR count). The molecule has 0 aliphatic carbocycles. The number of anilines is 1. The zero-order valence-corrected chi connectivity index (χ0v) is 33.7. The van der Waals surface area contributed by atoms with Crippen molar-refractivity contribution in [2.45, 2.75) is 95.2 Å². The smallest absolute Gasteiger partial charge is 0.330 e. The highest BCUT2D eigenvalue weighted by Gasteiger charge is 2.47. The number of aromatic nitrogens is 5. The average Bonchev–Trinajstić information content (AvgIpc) is 3.90. The number of aliphatic hydroxyl groups excluding tert-OH is 2. The Morgan fingerprint density at radius 3 is 2.50 bits per heavy atom. The highest BCUT2D eigenvalue weighted by molar-refractivity contribution is 6.03. The number of ether oxygens (including phenoxy) is 1. The summed E-state index contributed by atoms with van der Waals surface area (Å²) >= 11 is 0. The zero-order chi connectivity index (χ0) is 41.2. The number of amides is 1. The predicted octanol–water partition coefficient (Wildman–Crippen LogP) is 4.30. The van der Waals surface area contributed by atoms with Gasteiger partial charge in [0.25, 0.3) is 5.56 Å². The molecular weight excluding hydrogens is 737 g/mol. The van der Waals surface area contributed by atoms with Gasteiger partial charge in [0.05, 0.1) is 24.8 Å². The van der Waals surface area contributed by atoms with E-state index in [1.807, 2.05) is 0 Å². The lowest BCUT2D eigenvalue weighted by molar-refractivity contribution is -0.401. The summed E-state index contributed by atoms with van der Waals surface area (Å²) in [6, 6.07) is 17.4. The van der Waals surface area contributed by atoms with Gasteiger partial charge >= 0.3 is 5.69 Å². The van der Waals surface area contributed by atoms with Crippen LogP contribution in [-0.4, -0.2) is 83.4 Å². The molecule has 3 aliphatic heterocycles. The third kappa shape index (κ3) is 7.79. The van der Waals surface area contributed by atoms with Crippen molar-refractivity contribution >= 4 is 23.0 Å². The van der Waals surface area contributed by atoms with E-state index in [4.69, 9.17) is 4.74 Å². The number of carbonyl (C=O) groups is 1. The van der Waals surface area contributed by atoms with E-state index in [0.29, 0.717) is 12.1 Å². The molecule has 304 valence electrons. The van der Waals surface area contributed by atoms with Crippen LogP contribution < -0.4 is 21.5 Å². The number of unbranched alkanes of at least 4 members (excludes halogenated alkanes) is 2. The molecule has 14 nitrogen and oxygen atoms in total. The van der Waals surface area contributed by atoms with Crippen LogP contribution in [0.3, 0.4) is 0 Å². The highest BCUT2D eigenvalue weighted by atomic mass is 16.5. The summed E-state index contributed by atoms with van der Waals surface area (Å²) in [5, 5.41) is 31.8. The summed E-state index contributed by atoms with van der Waals surface area (Å²) in [5.41, 5.74) is 6.50. The van der Waals surface area contributed by atoms with Gasteiger partial charge in [-0.05, 0) is 44.4 Å². The number of aromatic amines is 1. The Morgan fingerprint density at radius 1 is 0.983 bits per heavy atom. The van der Waals surface area contributed by atoms with Crippen LogP contribution >= 0.6 is 0 Å². The maximum Gasteiger partial charge on any atom is 0.330 e. The maximum atomic E-state index is 12.8. The van der Waals surface area contributed by atoms with Crippen LogP contribution in [0.15, 0.2) is 113 Å². The Morgan fingerprint density at radius 2 is 1.74 bits per heavy atom. The number of nitrogens with zero attached hydrogens (tertiary/aromatic N) is 6. The Bertz CT molecular complexity index is 2400. The Balaban J connectivity index is 0.922. The molecule has 58 heavy (non-hydrogen) atoms. The van der Waals surface area contributed by atoms with Crippen molar-refractivity contribution in [2.24, 2.45) is 0 Å². The Hall–Kier alpha value is -5.70. The zero-order valence-electron chi connectivity index (χ0n) is 33.7. The third-order valence-corrected chi connectivity index (χ3v) is 11.7. The van der Waals surface area contributed by atoms with Crippen molar-refractivity contribution in [3.05, 3.63) is 141 Å². The number of benzene rings is 2. The molecule has 4 aromatic rings. The second kappa shape index (κ2) is 16.6. The summed E-state index contributed by atoms with van der Waals surface area (Å²) in [6.45, 7) is 9.54. The van der Waals surface area contributed by atoms with Crippen molar-refractivity contribution in [3.63, 3.8) is 0 Å². The first-order valence-corrected chi connectivity index (χ1v) is 19.9. The van der Waals surface area contributed by atoms with E-state index in [1.165, 1.54) is 44.8 Å². The van der Waals surface area contributed by atoms with Gasteiger partial charge in [0.1, 0.15) is 31.0 Å². The molecule has 0 saturated carbocycles. The van der Waals surface area contributed by atoms with E-state index in [9.17, 15) is 24.6 Å². The van der Waals surface area contributed by atoms with Gasteiger partial charge in [-0.1, -0.05) is 80.1 Å². The monoisotopic (exact) mass is 789 g/mol. The van der Waals surface area contributed by atoms with Crippen LogP contribution in [0.1, 0.15) is 82.5 Å². The number of nitrogens with one attached hydrogen (secondary N) is 2. The molecule has 4 N–H and O–H groups in total. The van der Waals surface area contributed by atoms with Crippen LogP contribution in [-0.2, 0) is 26.9 Å². The number of aliphatic hydroxyl groups is 2. The molecule has 5 heterocycles. The molecule has 14 heteroatoms. The van der Waals surface area contributed by atoms with Crippen molar-refractivity contribution < 1.29 is 24.3 Å². The number of allylic oxidation sites excluding steroid dienone is 6.